The molecule has 2 aromatic heterocycles. The van der Waals surface area contributed by atoms with Gasteiger partial charge in [-0.05, 0) is 11.6 Å². The maximum atomic E-state index is 11.8. The maximum Gasteiger partial charge on any atom is 0.358 e. The molecule has 1 N–H and O–H groups in total. The number of morpholine rings is 1. The molecule has 4 rings (SSSR count). The fourth-order valence-corrected chi connectivity index (χ4v) is 2.91. The highest BCUT2D eigenvalue weighted by Crippen LogP contribution is 2.21. The van der Waals surface area contributed by atoms with E-state index in [1.807, 2.05) is 23.2 Å². The van der Waals surface area contributed by atoms with Gasteiger partial charge in [-0.1, -0.05) is 11.3 Å². The second-order valence-electron chi connectivity index (χ2n) is 5.98. The lowest BCUT2D eigenvalue weighted by molar-refractivity contribution is -0.138. The smallest absolute Gasteiger partial charge is 0.358 e. The first-order valence-electron chi connectivity index (χ1n) is 8.04. The number of aromatic nitrogens is 4. The Labute approximate surface area is 148 Å². The lowest BCUT2D eigenvalue weighted by atomic mass is 10.2. The standard InChI is InChI=1S/C16H16N6O4/c23-15-10-26-9-12-7-20(3-4-22(12)15)14-2-1-11(5-17-14)6-21-8-13(16(24)25)18-19-21/h1-2,5,7-8H,3-4,6,9-10H2,(H,24,25). The van der Waals surface area contributed by atoms with E-state index in [-0.39, 0.29) is 18.2 Å². The lowest BCUT2D eigenvalue weighted by Gasteiger charge is -2.36. The second-order valence-corrected chi connectivity index (χ2v) is 5.98. The Kier molecular flexibility index (Phi) is 4.09. The van der Waals surface area contributed by atoms with E-state index in [0.717, 1.165) is 17.1 Å². The number of carbonyl (C=O) groups excluding carboxylic acids is 1. The molecule has 0 saturated carbocycles. The molecule has 2 aromatic rings. The van der Waals surface area contributed by atoms with Gasteiger partial charge >= 0.3 is 5.97 Å². The molecule has 1 saturated heterocycles. The van der Waals surface area contributed by atoms with Gasteiger partial charge in [0.2, 0.25) is 0 Å². The number of anilines is 1. The van der Waals surface area contributed by atoms with Crippen LogP contribution in [0.5, 0.6) is 0 Å². The molecule has 0 unspecified atom stereocenters. The molecule has 0 radical (unpaired) electrons. The Morgan fingerprint density at radius 2 is 2.15 bits per heavy atom. The molecule has 0 aliphatic carbocycles. The van der Waals surface area contributed by atoms with Crippen molar-refractivity contribution in [2.75, 3.05) is 31.2 Å². The van der Waals surface area contributed by atoms with E-state index in [0.29, 0.717) is 26.2 Å². The number of nitrogens with zero attached hydrogens (tertiary/aromatic N) is 6. The summed E-state index contributed by atoms with van der Waals surface area (Å²) in [6, 6.07) is 3.78. The summed E-state index contributed by atoms with van der Waals surface area (Å²) in [5, 5.41) is 16.2. The highest BCUT2D eigenvalue weighted by atomic mass is 16.5. The number of pyridine rings is 1. The van der Waals surface area contributed by atoms with Crippen molar-refractivity contribution in [3.63, 3.8) is 0 Å². The molecule has 4 heterocycles. The second kappa shape index (κ2) is 6.56. The third-order valence-electron chi connectivity index (χ3n) is 4.20. The minimum absolute atomic E-state index is 0.0148. The molecular weight excluding hydrogens is 340 g/mol. The zero-order chi connectivity index (χ0) is 18.1. The summed E-state index contributed by atoms with van der Waals surface area (Å²) in [6.45, 7) is 2.19. The summed E-state index contributed by atoms with van der Waals surface area (Å²) in [7, 11) is 0. The number of ether oxygens (including phenoxy) is 1. The van der Waals surface area contributed by atoms with Crippen molar-refractivity contribution in [2.24, 2.45) is 0 Å². The van der Waals surface area contributed by atoms with Crippen LogP contribution in [0.15, 0.2) is 36.4 Å². The number of hydrogen-bond donors (Lipinski definition) is 1. The number of carboxylic acids is 1. The van der Waals surface area contributed by atoms with Crippen molar-refractivity contribution in [3.05, 3.63) is 47.7 Å². The Bertz CT molecular complexity index is 875. The van der Waals surface area contributed by atoms with Crippen molar-refractivity contribution in [2.45, 2.75) is 6.54 Å². The molecule has 0 bridgehead atoms. The van der Waals surface area contributed by atoms with Gasteiger partial charge in [0.15, 0.2) is 5.69 Å². The highest BCUT2D eigenvalue weighted by molar-refractivity contribution is 5.84. The van der Waals surface area contributed by atoms with Crippen molar-refractivity contribution in [1.82, 2.24) is 24.9 Å². The molecule has 1 amide bonds. The summed E-state index contributed by atoms with van der Waals surface area (Å²) in [4.78, 5) is 30.8. The van der Waals surface area contributed by atoms with Crippen LogP contribution < -0.4 is 4.90 Å². The Morgan fingerprint density at radius 3 is 2.88 bits per heavy atom. The van der Waals surface area contributed by atoms with Gasteiger partial charge in [0.1, 0.15) is 12.4 Å². The molecule has 0 spiro atoms. The van der Waals surface area contributed by atoms with E-state index >= 15 is 0 Å². The predicted octanol–water partition coefficient (Wildman–Crippen LogP) is -0.0602. The van der Waals surface area contributed by atoms with Gasteiger partial charge in [-0.3, -0.25) is 4.79 Å². The van der Waals surface area contributed by atoms with Crippen LogP contribution in [0, 0.1) is 0 Å². The molecular formula is C16H16N6O4. The first-order chi connectivity index (χ1) is 12.6. The number of rotatable bonds is 4. The van der Waals surface area contributed by atoms with E-state index in [1.54, 1.807) is 11.1 Å². The van der Waals surface area contributed by atoms with Gasteiger partial charge in [-0.25, -0.2) is 14.5 Å². The van der Waals surface area contributed by atoms with Crippen LogP contribution in [0.1, 0.15) is 16.1 Å². The van der Waals surface area contributed by atoms with Crippen molar-refractivity contribution < 1.29 is 19.4 Å². The average Bonchev–Trinajstić information content (AvgIpc) is 3.11. The largest absolute Gasteiger partial charge is 0.476 e. The van der Waals surface area contributed by atoms with Gasteiger partial charge < -0.3 is 19.6 Å². The molecule has 2 aliphatic heterocycles. The molecule has 134 valence electrons. The molecule has 2 aliphatic rings. The van der Waals surface area contributed by atoms with E-state index in [4.69, 9.17) is 9.84 Å². The van der Waals surface area contributed by atoms with Crippen molar-refractivity contribution >= 4 is 17.7 Å². The minimum Gasteiger partial charge on any atom is -0.476 e. The fraction of sp³-hybridized carbons (Fsp3) is 0.312. The summed E-state index contributed by atoms with van der Waals surface area (Å²) in [5.41, 5.74) is 1.61. The zero-order valence-corrected chi connectivity index (χ0v) is 13.8. The van der Waals surface area contributed by atoms with Crippen LogP contribution in [0.4, 0.5) is 5.82 Å². The van der Waals surface area contributed by atoms with E-state index < -0.39 is 5.97 Å². The van der Waals surface area contributed by atoms with Crippen LogP contribution in [0.2, 0.25) is 0 Å². The van der Waals surface area contributed by atoms with E-state index in [9.17, 15) is 9.59 Å². The van der Waals surface area contributed by atoms with Crippen LogP contribution in [0.3, 0.4) is 0 Å². The summed E-state index contributed by atoms with van der Waals surface area (Å²) >= 11 is 0. The number of carboxylic acid groups (broad SMARTS) is 1. The van der Waals surface area contributed by atoms with Gasteiger partial charge in [-0.2, -0.15) is 0 Å². The quantitative estimate of drug-likeness (QED) is 0.810. The van der Waals surface area contributed by atoms with Crippen molar-refractivity contribution in [1.29, 1.82) is 0 Å². The van der Waals surface area contributed by atoms with Gasteiger partial charge in [-0.15, -0.1) is 5.10 Å². The van der Waals surface area contributed by atoms with Crippen LogP contribution in [0.25, 0.3) is 0 Å². The third-order valence-corrected chi connectivity index (χ3v) is 4.20. The van der Waals surface area contributed by atoms with Crippen LogP contribution in [-0.2, 0) is 16.1 Å². The summed E-state index contributed by atoms with van der Waals surface area (Å²) in [6.07, 6.45) is 4.98. The first kappa shape index (κ1) is 16.2. The number of hydrogen-bond acceptors (Lipinski definition) is 7. The van der Waals surface area contributed by atoms with E-state index in [1.165, 1.54) is 10.9 Å². The number of aromatic carboxylic acids is 1. The molecule has 0 atom stereocenters. The summed E-state index contributed by atoms with van der Waals surface area (Å²) < 4.78 is 6.73. The first-order valence-corrected chi connectivity index (χ1v) is 8.04. The minimum atomic E-state index is -1.11. The van der Waals surface area contributed by atoms with E-state index in [2.05, 4.69) is 15.3 Å². The average molecular weight is 356 g/mol. The monoisotopic (exact) mass is 356 g/mol. The fourth-order valence-electron chi connectivity index (χ4n) is 2.91. The van der Waals surface area contributed by atoms with Crippen LogP contribution in [-0.4, -0.2) is 68.2 Å². The predicted molar refractivity (Wildman–Crippen MR) is 88.3 cm³/mol. The summed E-state index contributed by atoms with van der Waals surface area (Å²) in [5.74, 6) is -0.357. The zero-order valence-electron chi connectivity index (χ0n) is 13.8. The lowest BCUT2D eigenvalue weighted by Crippen LogP contribution is -2.47. The van der Waals surface area contributed by atoms with Gasteiger partial charge in [0.25, 0.3) is 5.91 Å². The Balaban J connectivity index is 1.46. The SMILES string of the molecule is O=C(O)c1cn(Cc2ccc(N3C=C4COCC(=O)N4CC3)nc2)nn1. The molecule has 10 heteroatoms. The molecule has 1 fully saturated rings. The number of fused-ring (bicyclic) bond motifs is 1. The normalized spacial score (nSPS) is 17.1. The maximum absolute atomic E-state index is 11.8. The Hall–Kier alpha value is -3.27. The highest BCUT2D eigenvalue weighted by Gasteiger charge is 2.28. The molecule has 0 aromatic carbocycles. The number of carbonyl (C=O) groups is 2. The Morgan fingerprint density at radius 1 is 1.27 bits per heavy atom. The molecule has 26 heavy (non-hydrogen) atoms. The van der Waals surface area contributed by atoms with Gasteiger partial charge in [0.05, 0.1) is 25.0 Å². The van der Waals surface area contributed by atoms with Crippen molar-refractivity contribution in [3.8, 4) is 0 Å². The third kappa shape index (κ3) is 3.14. The number of amides is 1. The topological polar surface area (TPSA) is 114 Å². The van der Waals surface area contributed by atoms with Gasteiger partial charge in [0, 0.05) is 25.5 Å². The van der Waals surface area contributed by atoms with Crippen LogP contribution >= 0.6 is 0 Å². The molecule has 10 nitrogen and oxygen atoms in total.